The van der Waals surface area contributed by atoms with Crippen LogP contribution in [0.25, 0.3) is 0 Å². The van der Waals surface area contributed by atoms with Crippen molar-refractivity contribution >= 4 is 6.03 Å². The van der Waals surface area contributed by atoms with Crippen LogP contribution < -0.4 is 16.0 Å². The Labute approximate surface area is 151 Å². The Bertz CT molecular complexity index is 516. The number of urea groups is 1. The van der Waals surface area contributed by atoms with Crippen molar-refractivity contribution in [3.05, 3.63) is 35.9 Å². The number of amides is 2. The highest BCUT2D eigenvalue weighted by atomic mass is 16.2. The normalized spacial score (nSPS) is 24.6. The number of piperazine rings is 1. The molecule has 0 spiro atoms. The lowest BCUT2D eigenvalue weighted by Crippen LogP contribution is -2.50. The standard InChI is InChI=1S/C20H32N4O/c25-20(22-12-15-24-13-10-21-11-14-24)23-19-9-5-4-8-18(19)16-17-6-2-1-3-7-17/h1-3,6-7,18-19,21H,4-5,8-16H2,(H2,22,23,25). The van der Waals surface area contributed by atoms with Gasteiger partial charge < -0.3 is 16.0 Å². The fraction of sp³-hybridized carbons (Fsp3) is 0.650. The van der Waals surface area contributed by atoms with Gasteiger partial charge >= 0.3 is 6.03 Å². The van der Waals surface area contributed by atoms with Crippen LogP contribution >= 0.6 is 0 Å². The van der Waals surface area contributed by atoms with E-state index < -0.39 is 0 Å². The summed E-state index contributed by atoms with van der Waals surface area (Å²) >= 11 is 0. The summed E-state index contributed by atoms with van der Waals surface area (Å²) < 4.78 is 0. The molecule has 2 atom stereocenters. The Balaban J connectivity index is 1.41. The molecule has 3 N–H and O–H groups in total. The number of carbonyl (C=O) groups excluding carboxylic acids is 1. The molecular weight excluding hydrogens is 312 g/mol. The molecule has 2 unspecified atom stereocenters. The molecule has 1 saturated heterocycles. The Hall–Kier alpha value is -1.59. The second kappa shape index (κ2) is 9.78. The molecule has 1 heterocycles. The predicted octanol–water partition coefficient (Wildman–Crippen LogP) is 1.99. The minimum absolute atomic E-state index is 0.0000890. The molecule has 1 aromatic carbocycles. The Morgan fingerprint density at radius 1 is 1.12 bits per heavy atom. The third-order valence-corrected chi connectivity index (χ3v) is 5.49. The molecule has 0 radical (unpaired) electrons. The summed E-state index contributed by atoms with van der Waals surface area (Å²) in [4.78, 5) is 14.7. The van der Waals surface area contributed by atoms with Crippen molar-refractivity contribution in [3.8, 4) is 0 Å². The van der Waals surface area contributed by atoms with E-state index in [1.54, 1.807) is 0 Å². The first kappa shape index (κ1) is 18.2. The maximum Gasteiger partial charge on any atom is 0.315 e. The molecule has 1 aliphatic heterocycles. The van der Waals surface area contributed by atoms with Crippen LogP contribution in [0.3, 0.4) is 0 Å². The molecule has 1 aliphatic carbocycles. The number of benzene rings is 1. The van der Waals surface area contributed by atoms with Crippen molar-refractivity contribution in [1.82, 2.24) is 20.9 Å². The summed E-state index contributed by atoms with van der Waals surface area (Å²) in [5, 5.41) is 9.65. The zero-order valence-electron chi connectivity index (χ0n) is 15.2. The van der Waals surface area contributed by atoms with Crippen molar-refractivity contribution in [3.63, 3.8) is 0 Å². The van der Waals surface area contributed by atoms with Gasteiger partial charge in [-0.3, -0.25) is 4.90 Å². The van der Waals surface area contributed by atoms with Gasteiger partial charge in [0.05, 0.1) is 0 Å². The molecule has 2 fully saturated rings. The van der Waals surface area contributed by atoms with E-state index in [9.17, 15) is 4.79 Å². The molecule has 1 aromatic rings. The SMILES string of the molecule is O=C(NCCN1CCNCC1)NC1CCCCC1Cc1ccccc1. The topological polar surface area (TPSA) is 56.4 Å². The number of nitrogens with zero attached hydrogens (tertiary/aromatic N) is 1. The maximum atomic E-state index is 12.3. The van der Waals surface area contributed by atoms with E-state index in [0.717, 1.165) is 52.1 Å². The zero-order valence-corrected chi connectivity index (χ0v) is 15.2. The minimum Gasteiger partial charge on any atom is -0.337 e. The minimum atomic E-state index is 0.0000890. The lowest BCUT2D eigenvalue weighted by molar-refractivity contribution is 0.211. The summed E-state index contributed by atoms with van der Waals surface area (Å²) in [6.45, 7) is 5.91. The Morgan fingerprint density at radius 2 is 1.88 bits per heavy atom. The molecule has 25 heavy (non-hydrogen) atoms. The van der Waals surface area contributed by atoms with Crippen LogP contribution in [0.2, 0.25) is 0 Å². The van der Waals surface area contributed by atoms with Gasteiger partial charge in [0.25, 0.3) is 0 Å². The first-order valence-electron chi connectivity index (χ1n) is 9.82. The van der Waals surface area contributed by atoms with Gasteiger partial charge in [0.1, 0.15) is 0 Å². The first-order valence-corrected chi connectivity index (χ1v) is 9.82. The third-order valence-electron chi connectivity index (χ3n) is 5.49. The van der Waals surface area contributed by atoms with Gasteiger partial charge in [-0.25, -0.2) is 4.79 Å². The first-order chi connectivity index (χ1) is 12.3. The largest absolute Gasteiger partial charge is 0.337 e. The molecule has 138 valence electrons. The fourth-order valence-corrected chi connectivity index (χ4v) is 4.04. The average molecular weight is 345 g/mol. The summed E-state index contributed by atoms with van der Waals surface area (Å²) in [7, 11) is 0. The van der Waals surface area contributed by atoms with Crippen molar-refractivity contribution < 1.29 is 4.79 Å². The van der Waals surface area contributed by atoms with Crippen LogP contribution in [0.5, 0.6) is 0 Å². The van der Waals surface area contributed by atoms with E-state index >= 15 is 0 Å². The highest BCUT2D eigenvalue weighted by Gasteiger charge is 2.26. The number of hydrogen-bond acceptors (Lipinski definition) is 3. The lowest BCUT2D eigenvalue weighted by Gasteiger charge is -2.32. The van der Waals surface area contributed by atoms with E-state index in [1.165, 1.54) is 24.8 Å². The van der Waals surface area contributed by atoms with Gasteiger partial charge in [-0.2, -0.15) is 0 Å². The highest BCUT2D eigenvalue weighted by molar-refractivity contribution is 5.74. The summed E-state index contributed by atoms with van der Waals surface area (Å²) in [6.07, 6.45) is 5.87. The molecule has 2 aliphatic rings. The number of hydrogen-bond donors (Lipinski definition) is 3. The van der Waals surface area contributed by atoms with E-state index in [1.807, 2.05) is 0 Å². The molecule has 3 rings (SSSR count). The Kier molecular flexibility index (Phi) is 7.12. The molecule has 0 aromatic heterocycles. The van der Waals surface area contributed by atoms with E-state index in [-0.39, 0.29) is 6.03 Å². The van der Waals surface area contributed by atoms with E-state index in [2.05, 4.69) is 51.2 Å². The van der Waals surface area contributed by atoms with Gasteiger partial charge in [-0.15, -0.1) is 0 Å². The quantitative estimate of drug-likeness (QED) is 0.740. The number of carbonyl (C=O) groups is 1. The van der Waals surface area contributed by atoms with Crippen molar-refractivity contribution in [2.45, 2.75) is 38.1 Å². The molecule has 2 amide bonds. The van der Waals surface area contributed by atoms with Gasteiger partial charge in [0.15, 0.2) is 0 Å². The van der Waals surface area contributed by atoms with Crippen molar-refractivity contribution in [2.75, 3.05) is 39.3 Å². The van der Waals surface area contributed by atoms with Gasteiger partial charge in [0, 0.05) is 45.3 Å². The lowest BCUT2D eigenvalue weighted by atomic mass is 9.81. The predicted molar refractivity (Wildman–Crippen MR) is 102 cm³/mol. The molecular formula is C20H32N4O. The van der Waals surface area contributed by atoms with Crippen LogP contribution in [0.15, 0.2) is 30.3 Å². The molecule has 1 saturated carbocycles. The summed E-state index contributed by atoms with van der Waals surface area (Å²) in [5.41, 5.74) is 1.38. The highest BCUT2D eigenvalue weighted by Crippen LogP contribution is 2.27. The maximum absolute atomic E-state index is 12.3. The summed E-state index contributed by atoms with van der Waals surface area (Å²) in [5.74, 6) is 0.551. The number of rotatable bonds is 6. The molecule has 5 nitrogen and oxygen atoms in total. The van der Waals surface area contributed by atoms with Crippen LogP contribution in [-0.2, 0) is 6.42 Å². The molecule has 0 bridgehead atoms. The van der Waals surface area contributed by atoms with Gasteiger partial charge in [-0.05, 0) is 30.7 Å². The monoisotopic (exact) mass is 344 g/mol. The van der Waals surface area contributed by atoms with Crippen LogP contribution in [-0.4, -0.2) is 56.2 Å². The fourth-order valence-electron chi connectivity index (χ4n) is 4.04. The van der Waals surface area contributed by atoms with Gasteiger partial charge in [-0.1, -0.05) is 43.2 Å². The smallest absolute Gasteiger partial charge is 0.315 e. The van der Waals surface area contributed by atoms with Crippen molar-refractivity contribution in [1.29, 1.82) is 0 Å². The van der Waals surface area contributed by atoms with E-state index in [4.69, 9.17) is 0 Å². The Morgan fingerprint density at radius 3 is 2.68 bits per heavy atom. The van der Waals surface area contributed by atoms with Crippen molar-refractivity contribution in [2.24, 2.45) is 5.92 Å². The summed E-state index contributed by atoms with van der Waals surface area (Å²) in [6, 6.07) is 10.9. The number of nitrogens with one attached hydrogen (secondary N) is 3. The van der Waals surface area contributed by atoms with Crippen LogP contribution in [0.1, 0.15) is 31.2 Å². The van der Waals surface area contributed by atoms with Crippen LogP contribution in [0.4, 0.5) is 4.79 Å². The zero-order chi connectivity index (χ0) is 17.3. The third kappa shape index (κ3) is 6.01. The second-order valence-corrected chi connectivity index (χ2v) is 7.33. The molecule has 5 heteroatoms. The van der Waals surface area contributed by atoms with Crippen LogP contribution in [0, 0.1) is 5.92 Å². The average Bonchev–Trinajstić information content (AvgIpc) is 2.65. The second-order valence-electron chi connectivity index (χ2n) is 7.33. The van der Waals surface area contributed by atoms with Gasteiger partial charge in [0.2, 0.25) is 0 Å². The van der Waals surface area contributed by atoms with E-state index in [0.29, 0.717) is 12.0 Å².